The fraction of sp³-hybridized carbons (Fsp3) is 0.760. The Morgan fingerprint density at radius 3 is 1.18 bits per heavy atom. The van der Waals surface area contributed by atoms with Gasteiger partial charge in [-0.25, -0.2) is 0 Å². The van der Waals surface area contributed by atoms with Crippen molar-refractivity contribution in [1.29, 1.82) is 0 Å². The summed E-state index contributed by atoms with van der Waals surface area (Å²) in [5.41, 5.74) is 3.43. The van der Waals surface area contributed by atoms with Gasteiger partial charge in [0, 0.05) is 26.9 Å². The number of nitrogens with zero attached hydrogens (tertiary/aromatic N) is 1. The molecule has 198 valence electrons. The first-order valence-corrected chi connectivity index (χ1v) is 11.9. The molecule has 0 saturated carbocycles. The minimum absolute atomic E-state index is 0.513. The number of rotatable bonds is 23. The van der Waals surface area contributed by atoms with Crippen LogP contribution in [0.25, 0.3) is 0 Å². The highest BCUT2D eigenvalue weighted by Gasteiger charge is 2.07. The van der Waals surface area contributed by atoms with E-state index in [9.17, 15) is 0 Å². The molecule has 0 N–H and O–H groups in total. The molecule has 1 rings (SSSR count). The molecule has 1 aromatic carbocycles. The molecular formula is C25H45NO8. The third-order valence-corrected chi connectivity index (χ3v) is 4.73. The quantitative estimate of drug-likeness (QED) is 0.216. The lowest BCUT2D eigenvalue weighted by molar-refractivity contribution is -0.0199. The van der Waals surface area contributed by atoms with Crippen molar-refractivity contribution in [2.45, 2.75) is 13.8 Å². The average molecular weight is 488 g/mol. The third kappa shape index (κ3) is 15.4. The molecule has 0 aromatic heterocycles. The van der Waals surface area contributed by atoms with Crippen molar-refractivity contribution >= 4 is 5.69 Å². The van der Waals surface area contributed by atoms with Gasteiger partial charge < -0.3 is 42.8 Å². The molecule has 34 heavy (non-hydrogen) atoms. The fourth-order valence-corrected chi connectivity index (χ4v) is 2.96. The zero-order valence-electron chi connectivity index (χ0n) is 21.8. The standard InChI is InChI=1S/C25H45NO8/c1-22-20-24(26(3)4)21-23(2)25(22)34-19-18-33-17-16-32-15-14-31-13-12-30-11-10-29-9-8-28-7-6-27-5/h20-21H,6-19H2,1-5H3. The number of hydrogen-bond acceptors (Lipinski definition) is 9. The monoisotopic (exact) mass is 487 g/mol. The summed E-state index contributed by atoms with van der Waals surface area (Å²) in [6, 6.07) is 4.26. The summed E-state index contributed by atoms with van der Waals surface area (Å²) in [7, 11) is 5.72. The highest BCUT2D eigenvalue weighted by atomic mass is 16.6. The normalized spacial score (nSPS) is 11.2. The second-order valence-corrected chi connectivity index (χ2v) is 7.82. The molecule has 1 aromatic rings. The second-order valence-electron chi connectivity index (χ2n) is 7.82. The maximum atomic E-state index is 5.91. The van der Waals surface area contributed by atoms with E-state index in [1.54, 1.807) is 7.11 Å². The second kappa shape index (κ2) is 20.9. The lowest BCUT2D eigenvalue weighted by Gasteiger charge is -2.18. The van der Waals surface area contributed by atoms with Crippen LogP contribution in [0.15, 0.2) is 12.1 Å². The largest absolute Gasteiger partial charge is 0.491 e. The summed E-state index contributed by atoms with van der Waals surface area (Å²) < 4.78 is 43.5. The summed E-state index contributed by atoms with van der Waals surface area (Å²) >= 11 is 0. The summed E-state index contributed by atoms with van der Waals surface area (Å²) in [5, 5.41) is 0. The lowest BCUT2D eigenvalue weighted by atomic mass is 10.1. The molecule has 0 aliphatic rings. The molecule has 0 bridgehead atoms. The van der Waals surface area contributed by atoms with E-state index in [2.05, 4.69) is 30.9 Å². The minimum Gasteiger partial charge on any atom is -0.491 e. The van der Waals surface area contributed by atoms with Crippen LogP contribution < -0.4 is 9.64 Å². The first-order chi connectivity index (χ1) is 16.6. The van der Waals surface area contributed by atoms with E-state index in [1.807, 2.05) is 14.1 Å². The first kappa shape index (κ1) is 30.6. The summed E-state index contributed by atoms with van der Waals surface area (Å²) in [4.78, 5) is 2.09. The Bertz CT molecular complexity index is 592. The van der Waals surface area contributed by atoms with E-state index in [0.717, 1.165) is 16.9 Å². The van der Waals surface area contributed by atoms with Crippen LogP contribution in [0.3, 0.4) is 0 Å². The predicted molar refractivity (Wildman–Crippen MR) is 133 cm³/mol. The van der Waals surface area contributed by atoms with Crippen LogP contribution >= 0.6 is 0 Å². The van der Waals surface area contributed by atoms with Crippen LogP contribution in [0.5, 0.6) is 5.75 Å². The molecule has 0 spiro atoms. The molecular weight excluding hydrogens is 442 g/mol. The Kier molecular flexibility index (Phi) is 18.8. The van der Waals surface area contributed by atoms with Crippen molar-refractivity contribution < 1.29 is 37.9 Å². The van der Waals surface area contributed by atoms with Crippen molar-refractivity contribution in [3.8, 4) is 5.75 Å². The molecule has 9 nitrogen and oxygen atoms in total. The van der Waals surface area contributed by atoms with Gasteiger partial charge in [0.25, 0.3) is 0 Å². The summed E-state index contributed by atoms with van der Waals surface area (Å²) in [5.74, 6) is 0.933. The molecule has 0 saturated heterocycles. The average Bonchev–Trinajstić information content (AvgIpc) is 2.81. The van der Waals surface area contributed by atoms with Gasteiger partial charge in [0.05, 0.1) is 85.9 Å². The van der Waals surface area contributed by atoms with Gasteiger partial charge in [0.15, 0.2) is 0 Å². The highest BCUT2D eigenvalue weighted by Crippen LogP contribution is 2.28. The predicted octanol–water partition coefficient (Wildman–Crippen LogP) is 2.49. The van der Waals surface area contributed by atoms with E-state index in [-0.39, 0.29) is 0 Å². The molecule has 0 aliphatic heterocycles. The smallest absolute Gasteiger partial charge is 0.125 e. The van der Waals surface area contributed by atoms with Gasteiger partial charge in [-0.2, -0.15) is 0 Å². The first-order valence-electron chi connectivity index (χ1n) is 11.9. The number of hydrogen-bond donors (Lipinski definition) is 0. The van der Waals surface area contributed by atoms with Gasteiger partial charge in [-0.3, -0.25) is 0 Å². The maximum absolute atomic E-state index is 5.91. The molecule has 0 aliphatic carbocycles. The van der Waals surface area contributed by atoms with Crippen LogP contribution in [0, 0.1) is 13.8 Å². The molecule has 9 heteroatoms. The van der Waals surface area contributed by atoms with Gasteiger partial charge in [-0.05, 0) is 37.1 Å². The summed E-state index contributed by atoms with van der Waals surface area (Å²) in [6.07, 6.45) is 0. The summed E-state index contributed by atoms with van der Waals surface area (Å²) in [6.45, 7) is 11.8. The molecule has 0 radical (unpaired) electrons. The van der Waals surface area contributed by atoms with Gasteiger partial charge >= 0.3 is 0 Å². The Balaban J connectivity index is 1.83. The van der Waals surface area contributed by atoms with Crippen molar-refractivity contribution in [3.05, 3.63) is 23.3 Å². The molecule has 0 amide bonds. The van der Waals surface area contributed by atoms with E-state index < -0.39 is 0 Å². The lowest BCUT2D eigenvalue weighted by Crippen LogP contribution is -2.15. The molecule has 0 unspecified atom stereocenters. The van der Waals surface area contributed by atoms with Crippen molar-refractivity contribution in [2.75, 3.05) is 119 Å². The van der Waals surface area contributed by atoms with Crippen LogP contribution in [0.1, 0.15) is 11.1 Å². The van der Waals surface area contributed by atoms with Crippen molar-refractivity contribution in [2.24, 2.45) is 0 Å². The topological polar surface area (TPSA) is 77.1 Å². The third-order valence-electron chi connectivity index (χ3n) is 4.73. The van der Waals surface area contributed by atoms with Crippen LogP contribution in [-0.2, 0) is 33.2 Å². The number of ether oxygens (including phenoxy) is 8. The van der Waals surface area contributed by atoms with Crippen molar-refractivity contribution in [1.82, 2.24) is 0 Å². The molecule has 0 heterocycles. The Labute approximate surface area is 205 Å². The zero-order valence-corrected chi connectivity index (χ0v) is 21.8. The molecule has 0 atom stereocenters. The van der Waals surface area contributed by atoms with Crippen molar-refractivity contribution in [3.63, 3.8) is 0 Å². The fourth-order valence-electron chi connectivity index (χ4n) is 2.96. The van der Waals surface area contributed by atoms with E-state index in [1.165, 1.54) is 5.69 Å². The van der Waals surface area contributed by atoms with E-state index in [4.69, 9.17) is 37.9 Å². The van der Waals surface area contributed by atoms with E-state index >= 15 is 0 Å². The van der Waals surface area contributed by atoms with Gasteiger partial charge in [-0.1, -0.05) is 0 Å². The van der Waals surface area contributed by atoms with Crippen LogP contribution in [0.2, 0.25) is 0 Å². The number of methoxy groups -OCH3 is 1. The van der Waals surface area contributed by atoms with Gasteiger partial charge in [0.2, 0.25) is 0 Å². The number of benzene rings is 1. The Morgan fingerprint density at radius 2 is 0.853 bits per heavy atom. The minimum atomic E-state index is 0.513. The highest BCUT2D eigenvalue weighted by molar-refractivity contribution is 5.55. The van der Waals surface area contributed by atoms with Gasteiger partial charge in [-0.15, -0.1) is 0 Å². The maximum Gasteiger partial charge on any atom is 0.125 e. The Morgan fingerprint density at radius 1 is 0.529 bits per heavy atom. The number of aryl methyl sites for hydroxylation is 2. The van der Waals surface area contributed by atoms with Crippen LogP contribution in [-0.4, -0.2) is 114 Å². The molecule has 0 fully saturated rings. The zero-order chi connectivity index (χ0) is 24.9. The SMILES string of the molecule is COCCOCCOCCOCCOCCOCCOCCOc1c(C)cc(N(C)C)cc1C. The van der Waals surface area contributed by atoms with Crippen LogP contribution in [0.4, 0.5) is 5.69 Å². The van der Waals surface area contributed by atoms with E-state index in [0.29, 0.717) is 92.5 Å². The number of anilines is 1. The Hall–Kier alpha value is -1.46. The van der Waals surface area contributed by atoms with Gasteiger partial charge in [0.1, 0.15) is 12.4 Å².